The molecule has 6 nitrogen and oxygen atoms in total. The smallest absolute Gasteiger partial charge is 0.227 e. The first kappa shape index (κ1) is 10.6. The molecular weight excluding hydrogens is 182 g/mol. The monoisotopic (exact) mass is 197 g/mol. The highest BCUT2D eigenvalue weighted by Gasteiger charge is 2.11. The van der Waals surface area contributed by atoms with Gasteiger partial charge < -0.3 is 16.2 Å². The molecule has 0 spiro atoms. The Hall–Kier alpha value is -1.43. The molecule has 0 aromatic carbocycles. The molecule has 14 heavy (non-hydrogen) atoms. The van der Waals surface area contributed by atoms with E-state index in [0.717, 1.165) is 0 Å². The van der Waals surface area contributed by atoms with E-state index < -0.39 is 0 Å². The fourth-order valence-electron chi connectivity index (χ4n) is 0.882. The molecule has 2 unspecified atom stereocenters. The minimum Gasteiger partial charge on any atom is -0.396 e. The molecule has 0 aliphatic heterocycles. The zero-order chi connectivity index (χ0) is 10.6. The second kappa shape index (κ2) is 4.71. The van der Waals surface area contributed by atoms with Crippen molar-refractivity contribution in [1.82, 2.24) is 15.0 Å². The van der Waals surface area contributed by atoms with Crippen molar-refractivity contribution < 1.29 is 5.11 Å². The van der Waals surface area contributed by atoms with Gasteiger partial charge in [-0.2, -0.15) is 4.98 Å². The van der Waals surface area contributed by atoms with Crippen LogP contribution in [0.1, 0.15) is 13.8 Å². The third kappa shape index (κ3) is 2.81. The predicted octanol–water partition coefficient (Wildman–Crippen LogP) is -0.117. The Kier molecular flexibility index (Phi) is 3.58. The van der Waals surface area contributed by atoms with Crippen LogP contribution in [0.4, 0.5) is 11.9 Å². The third-order valence-corrected chi connectivity index (χ3v) is 2.09. The van der Waals surface area contributed by atoms with Crippen molar-refractivity contribution in [3.8, 4) is 0 Å². The average molecular weight is 197 g/mol. The van der Waals surface area contributed by atoms with Crippen LogP contribution in [0.3, 0.4) is 0 Å². The summed E-state index contributed by atoms with van der Waals surface area (Å²) in [5.41, 5.74) is 5.39. The summed E-state index contributed by atoms with van der Waals surface area (Å²) in [6, 6.07) is 0.0850. The van der Waals surface area contributed by atoms with Crippen molar-refractivity contribution in [2.24, 2.45) is 5.92 Å². The number of anilines is 2. The Bertz CT molecular complexity index is 293. The van der Waals surface area contributed by atoms with Gasteiger partial charge in [-0.25, -0.2) is 9.97 Å². The maximum atomic E-state index is 8.92. The van der Waals surface area contributed by atoms with Crippen LogP contribution in [-0.2, 0) is 0 Å². The zero-order valence-corrected chi connectivity index (χ0v) is 8.31. The fourth-order valence-corrected chi connectivity index (χ4v) is 0.882. The first-order valence-corrected chi connectivity index (χ1v) is 4.45. The molecule has 1 aromatic rings. The lowest BCUT2D eigenvalue weighted by atomic mass is 10.1. The van der Waals surface area contributed by atoms with E-state index in [1.165, 1.54) is 6.33 Å². The molecule has 0 saturated carbocycles. The van der Waals surface area contributed by atoms with E-state index in [2.05, 4.69) is 20.3 Å². The number of aromatic nitrogens is 3. The second-order valence-electron chi connectivity index (χ2n) is 3.26. The summed E-state index contributed by atoms with van der Waals surface area (Å²) >= 11 is 0. The number of nitrogen functional groups attached to an aromatic ring is 1. The number of nitrogens with two attached hydrogens (primary N) is 1. The molecule has 0 fully saturated rings. The topological polar surface area (TPSA) is 97.0 Å². The molecule has 1 heterocycles. The van der Waals surface area contributed by atoms with Crippen molar-refractivity contribution in [1.29, 1.82) is 0 Å². The van der Waals surface area contributed by atoms with Crippen LogP contribution < -0.4 is 11.1 Å². The number of hydrogen-bond donors (Lipinski definition) is 3. The first-order valence-electron chi connectivity index (χ1n) is 4.45. The lowest BCUT2D eigenvalue weighted by Crippen LogP contribution is -2.27. The summed E-state index contributed by atoms with van der Waals surface area (Å²) in [5.74, 6) is 0.754. The Morgan fingerprint density at radius 3 is 2.79 bits per heavy atom. The van der Waals surface area contributed by atoms with Gasteiger partial charge in [0.15, 0.2) is 0 Å². The Balaban J connectivity index is 2.60. The fraction of sp³-hybridized carbons (Fsp3) is 0.625. The van der Waals surface area contributed by atoms with Crippen LogP contribution in [-0.4, -0.2) is 32.7 Å². The van der Waals surface area contributed by atoms with Crippen LogP contribution in [0.25, 0.3) is 0 Å². The number of nitrogens with one attached hydrogen (secondary N) is 1. The number of nitrogens with zero attached hydrogens (tertiary/aromatic N) is 3. The van der Waals surface area contributed by atoms with Crippen molar-refractivity contribution in [3.63, 3.8) is 0 Å². The molecule has 1 rings (SSSR count). The molecular formula is C8H15N5O. The quantitative estimate of drug-likeness (QED) is 0.622. The standard InChI is InChI=1S/C8H15N5O/c1-5(3-14)6(2)12-8-11-4-10-7(9)13-8/h4-6,14H,3H2,1-2H3,(H3,9,10,11,12,13). The lowest BCUT2D eigenvalue weighted by molar-refractivity contribution is 0.226. The Morgan fingerprint density at radius 2 is 2.21 bits per heavy atom. The van der Waals surface area contributed by atoms with Gasteiger partial charge in [-0.15, -0.1) is 0 Å². The van der Waals surface area contributed by atoms with E-state index in [1.54, 1.807) is 0 Å². The van der Waals surface area contributed by atoms with E-state index in [0.29, 0.717) is 5.95 Å². The highest BCUT2D eigenvalue weighted by molar-refractivity contribution is 5.29. The molecule has 0 saturated heterocycles. The van der Waals surface area contributed by atoms with Gasteiger partial charge in [0.05, 0.1) is 0 Å². The normalized spacial score (nSPS) is 14.8. The van der Waals surface area contributed by atoms with Crippen molar-refractivity contribution >= 4 is 11.9 Å². The summed E-state index contributed by atoms with van der Waals surface area (Å²) in [6.45, 7) is 4.00. The number of aliphatic hydroxyl groups is 1. The van der Waals surface area contributed by atoms with Crippen molar-refractivity contribution in [2.75, 3.05) is 17.7 Å². The number of rotatable bonds is 4. The van der Waals surface area contributed by atoms with Gasteiger partial charge in [0.25, 0.3) is 0 Å². The third-order valence-electron chi connectivity index (χ3n) is 2.09. The average Bonchev–Trinajstić information content (AvgIpc) is 2.16. The highest BCUT2D eigenvalue weighted by atomic mass is 16.3. The minimum absolute atomic E-state index is 0.0850. The van der Waals surface area contributed by atoms with E-state index in [1.807, 2.05) is 13.8 Å². The van der Waals surface area contributed by atoms with Gasteiger partial charge in [-0.3, -0.25) is 0 Å². The van der Waals surface area contributed by atoms with Gasteiger partial charge >= 0.3 is 0 Å². The molecule has 2 atom stereocenters. The molecule has 78 valence electrons. The molecule has 0 bridgehead atoms. The summed E-state index contributed by atoms with van der Waals surface area (Å²) in [6.07, 6.45) is 1.35. The van der Waals surface area contributed by atoms with Gasteiger partial charge in [0.1, 0.15) is 6.33 Å². The summed E-state index contributed by atoms with van der Waals surface area (Å²) < 4.78 is 0. The molecule has 6 heteroatoms. The highest BCUT2D eigenvalue weighted by Crippen LogP contribution is 2.07. The molecule has 4 N–H and O–H groups in total. The Morgan fingerprint density at radius 1 is 1.50 bits per heavy atom. The van der Waals surface area contributed by atoms with Crippen LogP contribution in [0.2, 0.25) is 0 Å². The zero-order valence-electron chi connectivity index (χ0n) is 8.31. The Labute approximate surface area is 82.6 Å². The molecule has 1 aromatic heterocycles. The number of hydrogen-bond acceptors (Lipinski definition) is 6. The minimum atomic E-state index is 0.0850. The van der Waals surface area contributed by atoms with Gasteiger partial charge in [0, 0.05) is 12.6 Å². The van der Waals surface area contributed by atoms with Crippen LogP contribution in [0.5, 0.6) is 0 Å². The number of aliphatic hydroxyl groups excluding tert-OH is 1. The van der Waals surface area contributed by atoms with Crippen LogP contribution in [0, 0.1) is 5.92 Å². The summed E-state index contributed by atoms with van der Waals surface area (Å²) in [4.78, 5) is 11.5. The molecule has 0 radical (unpaired) electrons. The van der Waals surface area contributed by atoms with Gasteiger partial charge in [-0.05, 0) is 12.8 Å². The van der Waals surface area contributed by atoms with E-state index >= 15 is 0 Å². The molecule has 0 aliphatic carbocycles. The van der Waals surface area contributed by atoms with Crippen LogP contribution in [0.15, 0.2) is 6.33 Å². The van der Waals surface area contributed by atoms with E-state index in [4.69, 9.17) is 10.8 Å². The van der Waals surface area contributed by atoms with E-state index in [9.17, 15) is 0 Å². The molecule has 0 amide bonds. The predicted molar refractivity (Wildman–Crippen MR) is 53.6 cm³/mol. The maximum absolute atomic E-state index is 8.92. The SMILES string of the molecule is CC(CO)C(C)Nc1ncnc(N)n1. The largest absolute Gasteiger partial charge is 0.396 e. The maximum Gasteiger partial charge on any atom is 0.227 e. The van der Waals surface area contributed by atoms with E-state index in [-0.39, 0.29) is 24.5 Å². The summed E-state index contributed by atoms with van der Waals surface area (Å²) in [7, 11) is 0. The second-order valence-corrected chi connectivity index (χ2v) is 3.26. The van der Waals surface area contributed by atoms with Gasteiger partial charge in [-0.1, -0.05) is 6.92 Å². The van der Waals surface area contributed by atoms with Crippen molar-refractivity contribution in [3.05, 3.63) is 6.33 Å². The van der Waals surface area contributed by atoms with Gasteiger partial charge in [0.2, 0.25) is 11.9 Å². The first-order chi connectivity index (χ1) is 6.63. The van der Waals surface area contributed by atoms with Crippen LogP contribution >= 0.6 is 0 Å². The lowest BCUT2D eigenvalue weighted by Gasteiger charge is -2.18. The molecule has 0 aliphatic rings. The van der Waals surface area contributed by atoms with Crippen molar-refractivity contribution in [2.45, 2.75) is 19.9 Å². The summed E-state index contributed by atoms with van der Waals surface area (Å²) in [5, 5.41) is 12.0.